The highest BCUT2D eigenvalue weighted by Gasteiger charge is 2.22. The average molecular weight is 466 g/mol. The van der Waals surface area contributed by atoms with Crippen molar-refractivity contribution in [3.05, 3.63) is 94.2 Å². The smallest absolute Gasteiger partial charge is 0.293 e. The molecule has 2 N–H and O–H groups in total. The fraction of sp³-hybridized carbons (Fsp3) is 0.167. The number of hydrogen-bond donors (Lipinski definition) is 2. The van der Waals surface area contributed by atoms with Gasteiger partial charge in [-0.3, -0.25) is 10.1 Å². The summed E-state index contributed by atoms with van der Waals surface area (Å²) in [4.78, 5) is 14.3. The van der Waals surface area contributed by atoms with Gasteiger partial charge in [-0.1, -0.05) is 30.3 Å². The second kappa shape index (κ2) is 8.95. The molecule has 9 heteroatoms. The van der Waals surface area contributed by atoms with Crippen molar-refractivity contribution in [3.8, 4) is 5.75 Å². The third-order valence-corrected chi connectivity index (χ3v) is 6.72. The molecular weight excluding hydrogens is 442 g/mol. The lowest BCUT2D eigenvalue weighted by Crippen LogP contribution is -2.15. The lowest BCUT2D eigenvalue weighted by molar-refractivity contribution is -0.384. The van der Waals surface area contributed by atoms with Gasteiger partial charge in [0.1, 0.15) is 11.4 Å². The molecule has 0 fully saturated rings. The SMILES string of the molecule is COc1ccc([C@@H](CNc2ccc(S(C)(=O)=O)cc2[N+](=O)[O-])c2c[nH]c3ccccc23)cc1. The molecule has 0 unspecified atom stereocenters. The molecule has 1 heterocycles. The van der Waals surface area contributed by atoms with E-state index in [0.717, 1.165) is 40.1 Å². The molecule has 0 bridgehead atoms. The van der Waals surface area contributed by atoms with E-state index in [1.165, 1.54) is 12.1 Å². The quantitative estimate of drug-likeness (QED) is 0.287. The first-order chi connectivity index (χ1) is 15.8. The van der Waals surface area contributed by atoms with Crippen molar-refractivity contribution in [2.24, 2.45) is 0 Å². The summed E-state index contributed by atoms with van der Waals surface area (Å²) in [5, 5.41) is 15.9. The molecule has 1 aromatic heterocycles. The number of fused-ring (bicyclic) bond motifs is 1. The molecule has 0 aliphatic rings. The highest BCUT2D eigenvalue weighted by Crippen LogP contribution is 2.34. The van der Waals surface area contributed by atoms with E-state index >= 15 is 0 Å². The Morgan fingerprint density at radius 2 is 1.82 bits per heavy atom. The number of para-hydroxylation sites is 1. The Morgan fingerprint density at radius 3 is 2.48 bits per heavy atom. The van der Waals surface area contributed by atoms with Crippen molar-refractivity contribution in [2.75, 3.05) is 25.2 Å². The number of anilines is 1. The maximum atomic E-state index is 11.8. The van der Waals surface area contributed by atoms with Gasteiger partial charge in [-0.15, -0.1) is 0 Å². The fourth-order valence-corrected chi connectivity index (χ4v) is 4.52. The van der Waals surface area contributed by atoms with Crippen LogP contribution in [0.5, 0.6) is 5.75 Å². The molecule has 170 valence electrons. The maximum absolute atomic E-state index is 11.8. The van der Waals surface area contributed by atoms with E-state index < -0.39 is 14.8 Å². The predicted molar refractivity (Wildman–Crippen MR) is 128 cm³/mol. The van der Waals surface area contributed by atoms with E-state index in [1.807, 2.05) is 54.7 Å². The number of aromatic nitrogens is 1. The molecular formula is C24H23N3O5S. The highest BCUT2D eigenvalue weighted by molar-refractivity contribution is 7.90. The van der Waals surface area contributed by atoms with Gasteiger partial charge in [-0.2, -0.15) is 0 Å². The van der Waals surface area contributed by atoms with Gasteiger partial charge in [-0.05, 0) is 41.5 Å². The number of nitro benzene ring substituents is 1. The minimum atomic E-state index is -3.56. The monoisotopic (exact) mass is 465 g/mol. The van der Waals surface area contributed by atoms with Crippen molar-refractivity contribution in [1.29, 1.82) is 0 Å². The van der Waals surface area contributed by atoms with Gasteiger partial charge < -0.3 is 15.0 Å². The summed E-state index contributed by atoms with van der Waals surface area (Å²) in [5.74, 6) is 0.595. The van der Waals surface area contributed by atoms with Gasteiger partial charge in [0.15, 0.2) is 9.84 Å². The lowest BCUT2D eigenvalue weighted by atomic mass is 9.90. The van der Waals surface area contributed by atoms with Gasteiger partial charge in [-0.25, -0.2) is 8.42 Å². The van der Waals surface area contributed by atoms with Crippen LogP contribution in [-0.4, -0.2) is 38.2 Å². The zero-order chi connectivity index (χ0) is 23.6. The van der Waals surface area contributed by atoms with Crippen LogP contribution in [0, 0.1) is 10.1 Å². The molecule has 0 spiro atoms. The zero-order valence-corrected chi connectivity index (χ0v) is 18.9. The Bertz CT molecular complexity index is 1410. The standard InChI is InChI=1S/C24H23N3O5S/c1-32-17-9-7-16(8-10-17)20(21-15-25-22-6-4-3-5-19(21)22)14-26-23-12-11-18(33(2,30)31)13-24(23)27(28)29/h3-13,15,20,25-26H,14H2,1-2H3/t20-/m1/s1. The summed E-state index contributed by atoms with van der Waals surface area (Å²) in [5.41, 5.74) is 3.01. The van der Waals surface area contributed by atoms with E-state index in [-0.39, 0.29) is 22.2 Å². The molecule has 0 radical (unpaired) electrons. The minimum absolute atomic E-state index is 0.0944. The first kappa shape index (κ1) is 22.3. The number of rotatable bonds is 8. The van der Waals surface area contributed by atoms with Crippen LogP contribution >= 0.6 is 0 Å². The van der Waals surface area contributed by atoms with Crippen molar-refractivity contribution in [2.45, 2.75) is 10.8 Å². The maximum Gasteiger partial charge on any atom is 0.293 e. The lowest BCUT2D eigenvalue weighted by Gasteiger charge is -2.19. The Kier molecular flexibility index (Phi) is 6.06. The molecule has 3 aromatic carbocycles. The second-order valence-corrected chi connectivity index (χ2v) is 9.72. The molecule has 4 aromatic rings. The first-order valence-electron chi connectivity index (χ1n) is 10.2. The van der Waals surface area contributed by atoms with Crippen molar-refractivity contribution >= 4 is 32.1 Å². The van der Waals surface area contributed by atoms with Gasteiger partial charge in [0.25, 0.3) is 5.69 Å². The first-order valence-corrected chi connectivity index (χ1v) is 12.1. The van der Waals surface area contributed by atoms with Crippen molar-refractivity contribution < 1.29 is 18.1 Å². The van der Waals surface area contributed by atoms with Crippen LogP contribution in [0.1, 0.15) is 17.0 Å². The van der Waals surface area contributed by atoms with Crippen LogP contribution in [0.4, 0.5) is 11.4 Å². The van der Waals surface area contributed by atoms with Crippen LogP contribution < -0.4 is 10.1 Å². The summed E-state index contributed by atoms with van der Waals surface area (Å²) in [6.07, 6.45) is 2.97. The molecule has 0 amide bonds. The van der Waals surface area contributed by atoms with E-state index in [0.29, 0.717) is 6.54 Å². The van der Waals surface area contributed by atoms with E-state index in [9.17, 15) is 18.5 Å². The third kappa shape index (κ3) is 4.68. The Balaban J connectivity index is 1.73. The van der Waals surface area contributed by atoms with Crippen LogP contribution in [0.25, 0.3) is 10.9 Å². The number of aromatic amines is 1. The van der Waals surface area contributed by atoms with Gasteiger partial charge in [0.05, 0.1) is 16.9 Å². The Labute approximate surface area is 191 Å². The fourth-order valence-electron chi connectivity index (χ4n) is 3.88. The number of hydrogen-bond acceptors (Lipinski definition) is 6. The summed E-state index contributed by atoms with van der Waals surface area (Å²) in [6.45, 7) is 0.354. The Hall–Kier alpha value is -3.85. The van der Waals surface area contributed by atoms with E-state index in [1.54, 1.807) is 7.11 Å². The molecule has 0 aliphatic heterocycles. The molecule has 1 atom stereocenters. The largest absolute Gasteiger partial charge is 0.497 e. The van der Waals surface area contributed by atoms with Crippen LogP contribution in [0.15, 0.2) is 77.8 Å². The summed E-state index contributed by atoms with van der Waals surface area (Å²) >= 11 is 0. The third-order valence-electron chi connectivity index (χ3n) is 5.61. The number of nitrogens with zero attached hydrogens (tertiary/aromatic N) is 1. The Morgan fingerprint density at radius 1 is 1.09 bits per heavy atom. The van der Waals surface area contributed by atoms with Crippen LogP contribution in [0.2, 0.25) is 0 Å². The predicted octanol–water partition coefficient (Wildman–Crippen LogP) is 4.73. The number of ether oxygens (including phenoxy) is 1. The minimum Gasteiger partial charge on any atom is -0.497 e. The van der Waals surface area contributed by atoms with Crippen LogP contribution in [-0.2, 0) is 9.84 Å². The van der Waals surface area contributed by atoms with Gasteiger partial charge in [0, 0.05) is 41.9 Å². The number of nitrogens with one attached hydrogen (secondary N) is 2. The van der Waals surface area contributed by atoms with Crippen molar-refractivity contribution in [3.63, 3.8) is 0 Å². The zero-order valence-electron chi connectivity index (χ0n) is 18.1. The summed E-state index contributed by atoms with van der Waals surface area (Å²) in [7, 11) is -1.96. The topological polar surface area (TPSA) is 114 Å². The summed E-state index contributed by atoms with van der Waals surface area (Å²) < 4.78 is 29.0. The van der Waals surface area contributed by atoms with E-state index in [2.05, 4.69) is 10.3 Å². The molecule has 0 saturated heterocycles. The molecule has 33 heavy (non-hydrogen) atoms. The number of nitro groups is 1. The number of methoxy groups -OCH3 is 1. The molecule has 4 rings (SSSR count). The molecule has 0 aliphatic carbocycles. The number of benzene rings is 3. The number of sulfone groups is 1. The second-order valence-electron chi connectivity index (χ2n) is 7.70. The average Bonchev–Trinajstić information content (AvgIpc) is 3.23. The summed E-state index contributed by atoms with van der Waals surface area (Å²) in [6, 6.07) is 19.5. The molecule has 0 saturated carbocycles. The van der Waals surface area contributed by atoms with E-state index in [4.69, 9.17) is 4.74 Å². The highest BCUT2D eigenvalue weighted by atomic mass is 32.2. The van der Waals surface area contributed by atoms with Crippen molar-refractivity contribution in [1.82, 2.24) is 4.98 Å². The van der Waals surface area contributed by atoms with Crippen LogP contribution in [0.3, 0.4) is 0 Å². The number of H-pyrrole nitrogens is 1. The molecule has 8 nitrogen and oxygen atoms in total. The normalized spacial score (nSPS) is 12.4. The van der Waals surface area contributed by atoms with Gasteiger partial charge in [0.2, 0.25) is 0 Å². The van der Waals surface area contributed by atoms with Gasteiger partial charge >= 0.3 is 0 Å².